The van der Waals surface area contributed by atoms with Gasteiger partial charge in [-0.05, 0) is 51.5 Å². The first-order chi connectivity index (χ1) is 13.7. The molecule has 0 fully saturated rings. The molecule has 0 radical (unpaired) electrons. The van der Waals surface area contributed by atoms with E-state index in [2.05, 4.69) is 4.98 Å². The maximum absolute atomic E-state index is 14.3. The van der Waals surface area contributed by atoms with Gasteiger partial charge in [-0.1, -0.05) is 24.3 Å². The van der Waals surface area contributed by atoms with E-state index in [-0.39, 0.29) is 5.39 Å². The minimum Gasteiger partial charge on any atom is -0.465 e. The Hall–Kier alpha value is -3.22. The van der Waals surface area contributed by atoms with Gasteiger partial charge in [0.15, 0.2) is 0 Å². The van der Waals surface area contributed by atoms with Gasteiger partial charge in [-0.3, -0.25) is 9.36 Å². The van der Waals surface area contributed by atoms with Crippen molar-refractivity contribution in [2.75, 3.05) is 6.54 Å². The van der Waals surface area contributed by atoms with Gasteiger partial charge in [-0.15, -0.1) is 0 Å². The average molecular weight is 397 g/mol. The number of amides is 1. The second kappa shape index (κ2) is 8.03. The van der Waals surface area contributed by atoms with Crippen LogP contribution in [0.5, 0.6) is 0 Å². The van der Waals surface area contributed by atoms with Gasteiger partial charge < -0.3 is 10.0 Å². The van der Waals surface area contributed by atoms with Crippen LogP contribution in [0.15, 0.2) is 53.3 Å². The summed E-state index contributed by atoms with van der Waals surface area (Å²) in [6, 6.07) is 13.3. The van der Waals surface area contributed by atoms with Gasteiger partial charge in [0.1, 0.15) is 17.0 Å². The molecule has 2 aromatic carbocycles. The Morgan fingerprint density at radius 1 is 1.14 bits per heavy atom. The van der Waals surface area contributed by atoms with Gasteiger partial charge in [-0.25, -0.2) is 14.2 Å². The lowest BCUT2D eigenvalue weighted by atomic mass is 10.1. The van der Waals surface area contributed by atoms with Crippen LogP contribution in [0.1, 0.15) is 33.0 Å². The maximum Gasteiger partial charge on any atom is 0.407 e. The van der Waals surface area contributed by atoms with Gasteiger partial charge in [-0.2, -0.15) is 0 Å². The molecule has 0 atom stereocenters. The number of benzene rings is 2. The van der Waals surface area contributed by atoms with Crippen LogP contribution in [0, 0.1) is 5.82 Å². The SMILES string of the molecule is CC(C)(C)N(CCCc1nc2cccc(F)c2c(=O)n1-c1ccccc1)C(=O)O. The first-order valence-electron chi connectivity index (χ1n) is 9.46. The highest BCUT2D eigenvalue weighted by molar-refractivity contribution is 5.78. The summed E-state index contributed by atoms with van der Waals surface area (Å²) in [5.74, 6) is -0.139. The third kappa shape index (κ3) is 4.29. The molecule has 152 valence electrons. The van der Waals surface area contributed by atoms with Crippen molar-refractivity contribution in [3.63, 3.8) is 0 Å². The van der Waals surface area contributed by atoms with Gasteiger partial charge in [0.2, 0.25) is 0 Å². The summed E-state index contributed by atoms with van der Waals surface area (Å²) in [5, 5.41) is 9.41. The van der Waals surface area contributed by atoms with Crippen LogP contribution in [0.25, 0.3) is 16.6 Å². The molecule has 6 nitrogen and oxygen atoms in total. The Bertz CT molecular complexity index is 1090. The van der Waals surface area contributed by atoms with E-state index < -0.39 is 23.0 Å². The largest absolute Gasteiger partial charge is 0.465 e. The number of hydrogen-bond donors (Lipinski definition) is 1. The van der Waals surface area contributed by atoms with E-state index in [1.807, 2.05) is 26.8 Å². The number of carboxylic acid groups (broad SMARTS) is 1. The number of hydrogen-bond acceptors (Lipinski definition) is 3. The van der Waals surface area contributed by atoms with Gasteiger partial charge in [0.25, 0.3) is 5.56 Å². The summed E-state index contributed by atoms with van der Waals surface area (Å²) in [4.78, 5) is 30.6. The van der Waals surface area contributed by atoms with E-state index in [4.69, 9.17) is 0 Å². The Balaban J connectivity index is 2.03. The number of carbonyl (C=O) groups is 1. The van der Waals surface area contributed by atoms with Gasteiger partial charge in [0, 0.05) is 18.5 Å². The van der Waals surface area contributed by atoms with Crippen LogP contribution in [0.4, 0.5) is 9.18 Å². The molecule has 1 amide bonds. The average Bonchev–Trinajstić information content (AvgIpc) is 2.64. The molecule has 0 unspecified atom stereocenters. The highest BCUT2D eigenvalue weighted by Crippen LogP contribution is 2.18. The predicted octanol–water partition coefficient (Wildman–Crippen LogP) is 4.24. The molecule has 3 rings (SSSR count). The van der Waals surface area contributed by atoms with Crippen LogP contribution in [-0.2, 0) is 6.42 Å². The zero-order valence-corrected chi connectivity index (χ0v) is 16.7. The lowest BCUT2D eigenvalue weighted by Crippen LogP contribution is -2.45. The van der Waals surface area contributed by atoms with Crippen LogP contribution in [0.3, 0.4) is 0 Å². The lowest BCUT2D eigenvalue weighted by molar-refractivity contribution is 0.0994. The zero-order valence-electron chi connectivity index (χ0n) is 16.7. The van der Waals surface area contributed by atoms with Crippen molar-refractivity contribution >= 4 is 17.0 Å². The minimum atomic E-state index is -0.994. The highest BCUT2D eigenvalue weighted by atomic mass is 19.1. The molecule has 0 saturated carbocycles. The van der Waals surface area contributed by atoms with E-state index in [0.717, 1.165) is 0 Å². The van der Waals surface area contributed by atoms with E-state index in [1.165, 1.54) is 21.6 Å². The minimum absolute atomic E-state index is 0.0537. The smallest absolute Gasteiger partial charge is 0.407 e. The molecule has 0 bridgehead atoms. The van der Waals surface area contributed by atoms with Crippen LogP contribution in [0.2, 0.25) is 0 Å². The maximum atomic E-state index is 14.3. The van der Waals surface area contributed by atoms with Crippen molar-refractivity contribution < 1.29 is 14.3 Å². The third-order valence-electron chi connectivity index (χ3n) is 4.75. The molecule has 1 N–H and O–H groups in total. The fraction of sp³-hybridized carbons (Fsp3) is 0.318. The zero-order chi connectivity index (χ0) is 21.2. The molecular formula is C22H24FN3O3. The van der Waals surface area contributed by atoms with Crippen molar-refractivity contribution in [2.24, 2.45) is 0 Å². The molecule has 1 aromatic heterocycles. The van der Waals surface area contributed by atoms with Crippen LogP contribution < -0.4 is 5.56 Å². The fourth-order valence-electron chi connectivity index (χ4n) is 3.36. The molecule has 7 heteroatoms. The summed E-state index contributed by atoms with van der Waals surface area (Å²) in [6.07, 6.45) is -0.147. The predicted molar refractivity (Wildman–Crippen MR) is 110 cm³/mol. The molecule has 29 heavy (non-hydrogen) atoms. The monoisotopic (exact) mass is 397 g/mol. The molecular weight excluding hydrogens is 373 g/mol. The topological polar surface area (TPSA) is 75.4 Å². The number of halogens is 1. The standard InChI is InChI=1S/C22H24FN3O3/c1-22(2,3)25(21(28)29)14-8-13-18-24-17-12-7-11-16(23)19(17)20(27)26(18)15-9-5-4-6-10-15/h4-7,9-12H,8,13-14H2,1-3H3,(H,28,29). The van der Waals surface area contributed by atoms with Crippen LogP contribution in [-0.4, -0.2) is 37.7 Å². The summed E-state index contributed by atoms with van der Waals surface area (Å²) in [5.41, 5.74) is -0.121. The number of rotatable bonds is 5. The van der Waals surface area contributed by atoms with Crippen molar-refractivity contribution in [2.45, 2.75) is 39.2 Å². The number of aromatic nitrogens is 2. The Labute approximate surface area is 168 Å². The first kappa shape index (κ1) is 20.5. The summed E-state index contributed by atoms with van der Waals surface area (Å²) < 4.78 is 15.7. The van der Waals surface area contributed by atoms with E-state index in [1.54, 1.807) is 30.3 Å². The lowest BCUT2D eigenvalue weighted by Gasteiger charge is -2.33. The number of para-hydroxylation sites is 1. The number of aryl methyl sites for hydroxylation is 1. The second-order valence-corrected chi connectivity index (χ2v) is 7.85. The molecule has 0 saturated heterocycles. The van der Waals surface area contributed by atoms with Crippen molar-refractivity contribution in [3.05, 3.63) is 70.5 Å². The van der Waals surface area contributed by atoms with Gasteiger partial charge >= 0.3 is 6.09 Å². The van der Waals surface area contributed by atoms with Gasteiger partial charge in [0.05, 0.1) is 11.2 Å². The molecule has 0 aliphatic carbocycles. The van der Waals surface area contributed by atoms with Crippen molar-refractivity contribution in [1.82, 2.24) is 14.5 Å². The Morgan fingerprint density at radius 3 is 2.45 bits per heavy atom. The first-order valence-corrected chi connectivity index (χ1v) is 9.46. The summed E-state index contributed by atoms with van der Waals surface area (Å²) in [6.45, 7) is 5.79. The molecule has 1 heterocycles. The Morgan fingerprint density at radius 2 is 1.83 bits per heavy atom. The fourth-order valence-corrected chi connectivity index (χ4v) is 3.36. The Kier molecular flexibility index (Phi) is 5.68. The summed E-state index contributed by atoms with van der Waals surface area (Å²) in [7, 11) is 0. The third-order valence-corrected chi connectivity index (χ3v) is 4.75. The van der Waals surface area contributed by atoms with Crippen molar-refractivity contribution in [1.29, 1.82) is 0 Å². The normalized spacial score (nSPS) is 11.6. The van der Waals surface area contributed by atoms with Crippen LogP contribution >= 0.6 is 0 Å². The highest BCUT2D eigenvalue weighted by Gasteiger charge is 2.25. The van der Waals surface area contributed by atoms with E-state index in [9.17, 15) is 19.1 Å². The quantitative estimate of drug-likeness (QED) is 0.699. The van der Waals surface area contributed by atoms with Crippen molar-refractivity contribution in [3.8, 4) is 5.69 Å². The van der Waals surface area contributed by atoms with E-state index in [0.29, 0.717) is 36.4 Å². The van der Waals surface area contributed by atoms with E-state index >= 15 is 0 Å². The number of fused-ring (bicyclic) bond motifs is 1. The molecule has 0 spiro atoms. The molecule has 0 aliphatic rings. The number of nitrogens with zero attached hydrogens (tertiary/aromatic N) is 3. The molecule has 0 aliphatic heterocycles. The second-order valence-electron chi connectivity index (χ2n) is 7.85. The molecule has 3 aromatic rings. The summed E-state index contributed by atoms with van der Waals surface area (Å²) >= 11 is 0.